The van der Waals surface area contributed by atoms with E-state index in [-0.39, 0.29) is 12.4 Å². The first-order valence-corrected chi connectivity index (χ1v) is 5.63. The third-order valence-corrected chi connectivity index (χ3v) is 3.25. The molecule has 1 aromatic carbocycles. The second-order valence-corrected chi connectivity index (χ2v) is 4.27. The molecular formula is C13H20ClN. The Kier molecular flexibility index (Phi) is 4.18. The van der Waals surface area contributed by atoms with Crippen molar-refractivity contribution in [2.45, 2.75) is 45.6 Å². The summed E-state index contributed by atoms with van der Waals surface area (Å²) in [6, 6.07) is 5.11. The predicted octanol–water partition coefficient (Wildman–Crippen LogP) is 2.66. The summed E-state index contributed by atoms with van der Waals surface area (Å²) in [7, 11) is 0. The summed E-state index contributed by atoms with van der Waals surface area (Å²) >= 11 is 0. The highest BCUT2D eigenvalue weighted by Crippen LogP contribution is 2.25. The highest BCUT2D eigenvalue weighted by Gasteiger charge is 2.19. The summed E-state index contributed by atoms with van der Waals surface area (Å²) in [5.41, 5.74) is 12.0. The first-order chi connectivity index (χ1) is 6.74. The van der Waals surface area contributed by atoms with Gasteiger partial charge in [0.25, 0.3) is 0 Å². The van der Waals surface area contributed by atoms with Crippen LogP contribution in [0.25, 0.3) is 0 Å². The molecule has 1 aromatic rings. The lowest BCUT2D eigenvalue weighted by atomic mass is 9.97. The Morgan fingerprint density at radius 3 is 1.80 bits per heavy atom. The topological polar surface area (TPSA) is 26.0 Å². The third kappa shape index (κ3) is 2.35. The van der Waals surface area contributed by atoms with Crippen molar-refractivity contribution in [2.24, 2.45) is 5.73 Å². The molecule has 0 radical (unpaired) electrons. The lowest BCUT2D eigenvalue weighted by molar-refractivity contribution is 0.721. The molecule has 0 fully saturated rings. The molecule has 0 heterocycles. The molecule has 15 heavy (non-hydrogen) atoms. The Morgan fingerprint density at radius 2 is 1.47 bits per heavy atom. The van der Waals surface area contributed by atoms with Crippen LogP contribution in [-0.4, -0.2) is 6.04 Å². The van der Waals surface area contributed by atoms with Crippen LogP contribution in [-0.2, 0) is 25.7 Å². The maximum atomic E-state index is 5.97. The maximum absolute atomic E-state index is 5.97. The quantitative estimate of drug-likeness (QED) is 0.823. The van der Waals surface area contributed by atoms with E-state index in [1.165, 1.54) is 22.3 Å². The minimum Gasteiger partial charge on any atom is -0.327 e. The Morgan fingerprint density at radius 1 is 1.07 bits per heavy atom. The van der Waals surface area contributed by atoms with Crippen LogP contribution < -0.4 is 5.73 Å². The molecule has 0 aromatic heterocycles. The van der Waals surface area contributed by atoms with Crippen LogP contribution in [0, 0.1) is 0 Å². The number of rotatable bonds is 2. The zero-order valence-electron chi connectivity index (χ0n) is 9.55. The minimum absolute atomic E-state index is 0. The van der Waals surface area contributed by atoms with Gasteiger partial charge in [-0.25, -0.2) is 0 Å². The van der Waals surface area contributed by atoms with Crippen LogP contribution in [0.4, 0.5) is 0 Å². The monoisotopic (exact) mass is 225 g/mol. The van der Waals surface area contributed by atoms with Crippen molar-refractivity contribution >= 4 is 12.4 Å². The number of aryl methyl sites for hydroxylation is 2. The van der Waals surface area contributed by atoms with Crippen molar-refractivity contribution in [3.63, 3.8) is 0 Å². The summed E-state index contributed by atoms with van der Waals surface area (Å²) in [6.45, 7) is 4.46. The molecule has 1 nitrogen and oxygen atoms in total. The minimum atomic E-state index is 0. The van der Waals surface area contributed by atoms with E-state index in [2.05, 4.69) is 26.0 Å². The van der Waals surface area contributed by atoms with Crippen LogP contribution in [0.1, 0.15) is 36.1 Å². The average Bonchev–Trinajstić information content (AvgIpc) is 2.54. The molecule has 0 atom stereocenters. The number of halogens is 1. The molecule has 0 saturated carbocycles. The van der Waals surface area contributed by atoms with Crippen molar-refractivity contribution in [1.29, 1.82) is 0 Å². The number of benzene rings is 1. The third-order valence-electron chi connectivity index (χ3n) is 3.25. The van der Waals surface area contributed by atoms with Crippen molar-refractivity contribution < 1.29 is 0 Å². The molecular weight excluding hydrogens is 206 g/mol. The molecule has 0 aliphatic heterocycles. The fourth-order valence-electron chi connectivity index (χ4n) is 2.47. The van der Waals surface area contributed by atoms with Crippen LogP contribution in [0.5, 0.6) is 0 Å². The van der Waals surface area contributed by atoms with Gasteiger partial charge in [-0.15, -0.1) is 12.4 Å². The average molecular weight is 226 g/mol. The molecule has 84 valence electrons. The van der Waals surface area contributed by atoms with Crippen LogP contribution in [0.2, 0.25) is 0 Å². The standard InChI is InChI=1S/C13H19N.ClH/c1-3-9-5-11-7-13(14)8-12(11)6-10(9)4-2;/h5-6,13H,3-4,7-8,14H2,1-2H3;1H. The fraction of sp³-hybridized carbons (Fsp3) is 0.538. The number of hydrogen-bond donors (Lipinski definition) is 1. The van der Waals surface area contributed by atoms with Gasteiger partial charge in [-0.2, -0.15) is 0 Å². The molecule has 0 spiro atoms. The van der Waals surface area contributed by atoms with E-state index < -0.39 is 0 Å². The highest BCUT2D eigenvalue weighted by molar-refractivity contribution is 5.85. The van der Waals surface area contributed by atoms with E-state index in [4.69, 9.17) is 5.73 Å². The Labute approximate surface area is 98.5 Å². The first-order valence-electron chi connectivity index (χ1n) is 5.63. The van der Waals surface area contributed by atoms with Gasteiger partial charge in [0.05, 0.1) is 0 Å². The van der Waals surface area contributed by atoms with E-state index in [0.717, 1.165) is 25.7 Å². The molecule has 0 bridgehead atoms. The van der Waals surface area contributed by atoms with E-state index >= 15 is 0 Å². The molecule has 0 saturated heterocycles. The Hall–Kier alpha value is -0.530. The van der Waals surface area contributed by atoms with Crippen LogP contribution >= 0.6 is 12.4 Å². The smallest absolute Gasteiger partial charge is 0.0120 e. The molecule has 0 unspecified atom stereocenters. The summed E-state index contributed by atoms with van der Waals surface area (Å²) in [5.74, 6) is 0. The van der Waals surface area contributed by atoms with Gasteiger partial charge < -0.3 is 5.73 Å². The lowest BCUT2D eigenvalue weighted by Crippen LogP contribution is -2.18. The molecule has 1 aliphatic rings. The second-order valence-electron chi connectivity index (χ2n) is 4.27. The van der Waals surface area contributed by atoms with E-state index in [1.54, 1.807) is 0 Å². The van der Waals surface area contributed by atoms with E-state index in [0.29, 0.717) is 6.04 Å². The van der Waals surface area contributed by atoms with Crippen molar-refractivity contribution in [1.82, 2.24) is 0 Å². The first kappa shape index (κ1) is 12.5. The van der Waals surface area contributed by atoms with Crippen LogP contribution in [0.3, 0.4) is 0 Å². The second kappa shape index (κ2) is 5.00. The Balaban J connectivity index is 0.00000112. The lowest BCUT2D eigenvalue weighted by Gasteiger charge is -2.09. The normalized spacial score (nSPS) is 14.9. The van der Waals surface area contributed by atoms with Gasteiger partial charge in [-0.1, -0.05) is 26.0 Å². The number of nitrogens with two attached hydrogens (primary N) is 1. The number of hydrogen-bond acceptors (Lipinski definition) is 1. The Bertz CT molecular complexity index is 314. The molecule has 0 amide bonds. The molecule has 2 N–H and O–H groups in total. The maximum Gasteiger partial charge on any atom is 0.0120 e. The summed E-state index contributed by atoms with van der Waals surface area (Å²) in [4.78, 5) is 0. The van der Waals surface area contributed by atoms with Crippen molar-refractivity contribution in [2.75, 3.05) is 0 Å². The zero-order valence-corrected chi connectivity index (χ0v) is 10.4. The summed E-state index contributed by atoms with van der Waals surface area (Å²) in [6.07, 6.45) is 4.44. The fourth-order valence-corrected chi connectivity index (χ4v) is 2.47. The molecule has 1 aliphatic carbocycles. The largest absolute Gasteiger partial charge is 0.327 e. The number of fused-ring (bicyclic) bond motifs is 1. The van der Waals surface area contributed by atoms with E-state index in [1.807, 2.05) is 0 Å². The van der Waals surface area contributed by atoms with Crippen molar-refractivity contribution in [3.05, 3.63) is 34.4 Å². The van der Waals surface area contributed by atoms with Gasteiger partial charge in [0.1, 0.15) is 0 Å². The molecule has 2 rings (SSSR count). The van der Waals surface area contributed by atoms with Gasteiger partial charge in [0.15, 0.2) is 0 Å². The highest BCUT2D eigenvalue weighted by atomic mass is 35.5. The SMILES string of the molecule is CCc1cc2c(cc1CC)CC(N)C2.Cl. The zero-order chi connectivity index (χ0) is 10.1. The predicted molar refractivity (Wildman–Crippen MR) is 67.8 cm³/mol. The van der Waals surface area contributed by atoms with Gasteiger partial charge in [0.2, 0.25) is 0 Å². The van der Waals surface area contributed by atoms with E-state index in [9.17, 15) is 0 Å². The summed E-state index contributed by atoms with van der Waals surface area (Å²) < 4.78 is 0. The van der Waals surface area contributed by atoms with Crippen molar-refractivity contribution in [3.8, 4) is 0 Å². The van der Waals surface area contributed by atoms with Gasteiger partial charge in [-0.3, -0.25) is 0 Å². The van der Waals surface area contributed by atoms with Crippen LogP contribution in [0.15, 0.2) is 12.1 Å². The molecule has 2 heteroatoms. The summed E-state index contributed by atoms with van der Waals surface area (Å²) in [5, 5.41) is 0. The van der Waals surface area contributed by atoms with Gasteiger partial charge >= 0.3 is 0 Å². The van der Waals surface area contributed by atoms with Gasteiger partial charge in [0, 0.05) is 6.04 Å². The van der Waals surface area contributed by atoms with Gasteiger partial charge in [-0.05, 0) is 47.9 Å².